The van der Waals surface area contributed by atoms with E-state index in [-0.39, 0.29) is 0 Å². The van der Waals surface area contributed by atoms with Crippen molar-refractivity contribution in [3.05, 3.63) is 12.7 Å². The molecule has 0 unspecified atom stereocenters. The van der Waals surface area contributed by atoms with Crippen LogP contribution in [0, 0.1) is 6.33 Å². The van der Waals surface area contributed by atoms with Gasteiger partial charge in [0.15, 0.2) is 6.33 Å². The van der Waals surface area contributed by atoms with E-state index in [4.69, 9.17) is 4.52 Å². The lowest BCUT2D eigenvalue weighted by Gasteiger charge is -1.77. The first-order valence-corrected chi connectivity index (χ1v) is 3.21. The predicted molar refractivity (Wildman–Crippen MR) is 32.0 cm³/mol. The Bertz CT molecular complexity index is 257. The Morgan fingerprint density at radius 2 is 2.60 bits per heavy atom. The van der Waals surface area contributed by atoms with Crippen molar-refractivity contribution in [2.45, 2.75) is 0 Å². The Labute approximate surface area is 59.9 Å². The van der Waals surface area contributed by atoms with E-state index < -0.39 is 0 Å². The largest absolute Gasteiger partial charge is 0.332 e. The molecule has 0 fully saturated rings. The Morgan fingerprint density at radius 1 is 1.60 bits per heavy atom. The third kappa shape index (κ3) is 0.781. The van der Waals surface area contributed by atoms with Crippen LogP contribution < -0.4 is 0 Å². The Balaban J connectivity index is 2.48. The highest BCUT2D eigenvalue weighted by atomic mass is 32.1. The highest BCUT2D eigenvalue weighted by molar-refractivity contribution is 7.08. The third-order valence-electron chi connectivity index (χ3n) is 0.869. The lowest BCUT2D eigenvalue weighted by atomic mass is 10.7. The molecule has 0 aliphatic rings. The smallest absolute Gasteiger partial charge is 0.288 e. The van der Waals surface area contributed by atoms with Crippen LogP contribution >= 0.6 is 11.5 Å². The predicted octanol–water partition coefficient (Wildman–Crippen LogP) is 0.388. The summed E-state index contributed by atoms with van der Waals surface area (Å²) < 4.78 is 8.36. The van der Waals surface area contributed by atoms with E-state index in [1.54, 1.807) is 0 Å². The molecule has 0 bridgehead atoms. The third-order valence-corrected chi connectivity index (χ3v) is 1.48. The van der Waals surface area contributed by atoms with Crippen molar-refractivity contribution in [2.24, 2.45) is 0 Å². The Hall–Kier alpha value is -1.30. The molecule has 2 heterocycles. The molecule has 0 spiro atoms. The van der Waals surface area contributed by atoms with E-state index >= 15 is 0 Å². The molecular weight excluding hydrogens is 152 g/mol. The standard InChI is InChI=1S/C4HN4OS/c1-5-3(9-7-1)4-6-2-8-10-4/h1H. The van der Waals surface area contributed by atoms with Crippen molar-refractivity contribution in [2.75, 3.05) is 0 Å². The van der Waals surface area contributed by atoms with Gasteiger partial charge in [0, 0.05) is 0 Å². The van der Waals surface area contributed by atoms with Gasteiger partial charge in [0.25, 0.3) is 5.89 Å². The molecule has 0 N–H and O–H groups in total. The topological polar surface area (TPSA) is 64.7 Å². The molecular formula is C4HN4OS. The summed E-state index contributed by atoms with van der Waals surface area (Å²) in [5.74, 6) is 0.388. The van der Waals surface area contributed by atoms with Crippen LogP contribution in [0.15, 0.2) is 10.9 Å². The zero-order valence-corrected chi connectivity index (χ0v) is 5.50. The van der Waals surface area contributed by atoms with Crippen molar-refractivity contribution in [3.63, 3.8) is 0 Å². The van der Waals surface area contributed by atoms with Crippen LogP contribution in [0.2, 0.25) is 0 Å². The van der Waals surface area contributed by atoms with Gasteiger partial charge in [0.05, 0.1) is 0 Å². The molecule has 0 atom stereocenters. The van der Waals surface area contributed by atoms with E-state index in [9.17, 15) is 0 Å². The minimum atomic E-state index is 0.388. The molecule has 2 aromatic heterocycles. The number of nitrogens with zero attached hydrogens (tertiary/aromatic N) is 4. The zero-order chi connectivity index (χ0) is 6.81. The van der Waals surface area contributed by atoms with Crippen LogP contribution in [0.25, 0.3) is 10.9 Å². The maximum atomic E-state index is 4.70. The highest BCUT2D eigenvalue weighted by Gasteiger charge is 2.05. The number of hydrogen-bond acceptors (Lipinski definition) is 6. The summed E-state index contributed by atoms with van der Waals surface area (Å²) in [6.45, 7) is 0. The summed E-state index contributed by atoms with van der Waals surface area (Å²) in [4.78, 5) is 7.51. The Morgan fingerprint density at radius 3 is 3.20 bits per heavy atom. The second-order valence-corrected chi connectivity index (χ2v) is 2.20. The second-order valence-electron chi connectivity index (χ2n) is 1.45. The van der Waals surface area contributed by atoms with Gasteiger partial charge in [-0.1, -0.05) is 5.16 Å². The zero-order valence-electron chi connectivity index (χ0n) is 4.68. The number of rotatable bonds is 1. The fourth-order valence-corrected chi connectivity index (χ4v) is 0.922. The summed E-state index contributed by atoms with van der Waals surface area (Å²) in [5, 5.41) is 4.01. The van der Waals surface area contributed by atoms with Crippen molar-refractivity contribution < 1.29 is 4.52 Å². The molecule has 0 saturated heterocycles. The van der Waals surface area contributed by atoms with E-state index in [1.807, 2.05) is 0 Å². The van der Waals surface area contributed by atoms with Gasteiger partial charge in [-0.15, -0.1) is 0 Å². The molecule has 6 heteroatoms. The van der Waals surface area contributed by atoms with E-state index in [0.29, 0.717) is 10.9 Å². The normalized spacial score (nSPS) is 10.0. The number of aromatic nitrogens is 4. The van der Waals surface area contributed by atoms with Gasteiger partial charge in [-0.05, 0) is 11.5 Å². The van der Waals surface area contributed by atoms with Crippen molar-refractivity contribution >= 4 is 11.5 Å². The molecule has 2 rings (SSSR count). The quantitative estimate of drug-likeness (QED) is 0.592. The molecule has 0 saturated carbocycles. The first-order valence-electron chi connectivity index (χ1n) is 2.43. The van der Waals surface area contributed by atoms with Crippen LogP contribution in [-0.4, -0.2) is 19.5 Å². The first-order chi connectivity index (χ1) is 4.97. The summed E-state index contributed by atoms with van der Waals surface area (Å²) in [6, 6.07) is 0. The van der Waals surface area contributed by atoms with Crippen LogP contribution in [0.5, 0.6) is 0 Å². The summed E-state index contributed by atoms with van der Waals surface area (Å²) in [5.41, 5.74) is 0. The molecule has 5 nitrogen and oxygen atoms in total. The van der Waals surface area contributed by atoms with Gasteiger partial charge in [-0.3, -0.25) is 0 Å². The highest BCUT2D eigenvalue weighted by Crippen LogP contribution is 2.14. The molecule has 0 aliphatic carbocycles. The molecule has 0 aromatic carbocycles. The maximum Gasteiger partial charge on any atom is 0.288 e. The Kier molecular flexibility index (Phi) is 1.17. The average Bonchev–Trinajstić information content (AvgIpc) is 2.59. The van der Waals surface area contributed by atoms with Crippen LogP contribution in [0.3, 0.4) is 0 Å². The summed E-state index contributed by atoms with van der Waals surface area (Å²) >= 11 is 1.17. The first kappa shape index (κ1) is 5.48. The average molecular weight is 153 g/mol. The summed E-state index contributed by atoms with van der Waals surface area (Å²) in [7, 11) is 0. The molecule has 10 heavy (non-hydrogen) atoms. The fourth-order valence-electron chi connectivity index (χ4n) is 0.504. The molecule has 0 amide bonds. The maximum absolute atomic E-state index is 4.70. The number of hydrogen-bond donors (Lipinski definition) is 0. The van der Waals surface area contributed by atoms with Gasteiger partial charge >= 0.3 is 0 Å². The minimum Gasteiger partial charge on any atom is -0.332 e. The lowest BCUT2D eigenvalue weighted by Crippen LogP contribution is -1.71. The molecule has 1 radical (unpaired) electrons. The van der Waals surface area contributed by atoms with Gasteiger partial charge in [-0.2, -0.15) is 9.36 Å². The van der Waals surface area contributed by atoms with Crippen LogP contribution in [0.4, 0.5) is 0 Å². The molecule has 49 valence electrons. The minimum absolute atomic E-state index is 0.388. The van der Waals surface area contributed by atoms with Crippen molar-refractivity contribution in [3.8, 4) is 10.9 Å². The second kappa shape index (κ2) is 2.14. The lowest BCUT2D eigenvalue weighted by molar-refractivity contribution is 0.430. The molecule has 2 aromatic rings. The van der Waals surface area contributed by atoms with Gasteiger partial charge in [0.2, 0.25) is 11.3 Å². The monoisotopic (exact) mass is 153 g/mol. The fraction of sp³-hybridized carbons (Fsp3) is 0. The van der Waals surface area contributed by atoms with Crippen molar-refractivity contribution in [1.82, 2.24) is 19.5 Å². The van der Waals surface area contributed by atoms with Gasteiger partial charge < -0.3 is 4.52 Å². The van der Waals surface area contributed by atoms with Crippen molar-refractivity contribution in [1.29, 1.82) is 0 Å². The molecule has 0 aliphatic heterocycles. The SMILES string of the molecule is [c]1nsc(-c2ncno2)n1. The summed E-state index contributed by atoms with van der Waals surface area (Å²) in [6.07, 6.45) is 3.72. The van der Waals surface area contributed by atoms with Crippen LogP contribution in [-0.2, 0) is 0 Å². The van der Waals surface area contributed by atoms with Gasteiger partial charge in [0.1, 0.15) is 0 Å². The van der Waals surface area contributed by atoms with E-state index in [0.717, 1.165) is 0 Å². The van der Waals surface area contributed by atoms with Gasteiger partial charge in [-0.25, -0.2) is 4.98 Å². The van der Waals surface area contributed by atoms with E-state index in [2.05, 4.69) is 25.8 Å². The van der Waals surface area contributed by atoms with Crippen LogP contribution in [0.1, 0.15) is 0 Å². The van der Waals surface area contributed by atoms with E-state index in [1.165, 1.54) is 17.9 Å².